The number of furan rings is 1. The first-order chi connectivity index (χ1) is 9.08. The molecule has 0 unspecified atom stereocenters. The summed E-state index contributed by atoms with van der Waals surface area (Å²) in [4.78, 5) is 11.8. The Bertz CT molecular complexity index is 596. The summed E-state index contributed by atoms with van der Waals surface area (Å²) in [7, 11) is 1.60. The van der Waals surface area contributed by atoms with Crippen molar-refractivity contribution in [3.63, 3.8) is 0 Å². The van der Waals surface area contributed by atoms with E-state index in [2.05, 4.69) is 38.8 Å². The molecule has 0 aliphatic heterocycles. The number of aryl methyl sites for hydroxylation is 1. The first-order valence-corrected chi connectivity index (χ1v) is 7.17. The number of hydrogen-bond donors (Lipinski definition) is 3. The fourth-order valence-electron chi connectivity index (χ4n) is 1.73. The van der Waals surface area contributed by atoms with Gasteiger partial charge in [0.15, 0.2) is 0 Å². The highest BCUT2D eigenvalue weighted by atomic mass is 79.9. The van der Waals surface area contributed by atoms with Crippen molar-refractivity contribution < 1.29 is 9.21 Å². The minimum atomic E-state index is -0.153. The van der Waals surface area contributed by atoms with Gasteiger partial charge >= 0.3 is 0 Å². The van der Waals surface area contributed by atoms with Gasteiger partial charge in [-0.15, -0.1) is 0 Å². The van der Waals surface area contributed by atoms with E-state index in [4.69, 9.17) is 4.42 Å². The Morgan fingerprint density at radius 3 is 2.53 bits per heavy atom. The lowest BCUT2D eigenvalue weighted by Gasteiger charge is -2.02. The molecule has 0 saturated heterocycles. The fraction of sp³-hybridized carbons (Fsp3) is 0.308. The lowest BCUT2D eigenvalue weighted by Crippen LogP contribution is -2.18. The van der Waals surface area contributed by atoms with Gasteiger partial charge in [-0.1, -0.05) is 26.7 Å². The highest BCUT2D eigenvalue weighted by molar-refractivity contribution is 9.10. The Morgan fingerprint density at radius 1 is 1.37 bits per heavy atom. The van der Waals surface area contributed by atoms with Gasteiger partial charge in [-0.25, -0.2) is 0 Å². The zero-order chi connectivity index (χ0) is 14.6. The number of carbonyl (C=O) groups excluding carboxylic acids is 1. The van der Waals surface area contributed by atoms with Crippen LogP contribution in [0, 0.1) is 6.92 Å². The van der Waals surface area contributed by atoms with E-state index in [9.17, 15) is 4.79 Å². The van der Waals surface area contributed by atoms with Gasteiger partial charge in [-0.05, 0) is 28.9 Å². The molecule has 1 heterocycles. The molecular weight excluding hydrogens is 328 g/mol. The summed E-state index contributed by atoms with van der Waals surface area (Å²) >= 11 is 7.40. The molecule has 0 aliphatic rings. The van der Waals surface area contributed by atoms with Gasteiger partial charge in [-0.2, -0.15) is 0 Å². The Morgan fingerprint density at radius 2 is 2.00 bits per heavy atom. The minimum Gasteiger partial charge on any atom is -0.460 e. The molecule has 0 atom stereocenters. The second-order valence-electron chi connectivity index (χ2n) is 3.55. The third-order valence-electron chi connectivity index (χ3n) is 2.53. The summed E-state index contributed by atoms with van der Waals surface area (Å²) in [5, 5.41) is 3.38. The smallest absolute Gasteiger partial charge is 0.255 e. The van der Waals surface area contributed by atoms with Crippen molar-refractivity contribution in [3.8, 4) is 0 Å². The number of carbonyl (C=O) groups is 1. The number of hydrogen-bond acceptors (Lipinski definition) is 4. The molecule has 0 spiro atoms. The van der Waals surface area contributed by atoms with E-state index in [1.807, 2.05) is 19.9 Å². The van der Waals surface area contributed by atoms with E-state index in [0.29, 0.717) is 16.9 Å². The van der Waals surface area contributed by atoms with Gasteiger partial charge < -0.3 is 14.5 Å². The monoisotopic (exact) mass is 344 g/mol. The maximum absolute atomic E-state index is 11.8. The quantitative estimate of drug-likeness (QED) is 0.717. The van der Waals surface area contributed by atoms with Crippen molar-refractivity contribution in [2.24, 2.45) is 0 Å². The van der Waals surface area contributed by atoms with Gasteiger partial charge in [0, 0.05) is 23.0 Å². The molecule has 2 aromatic rings. The van der Waals surface area contributed by atoms with Crippen molar-refractivity contribution in [2.75, 3.05) is 11.8 Å². The van der Waals surface area contributed by atoms with Crippen LogP contribution in [0.1, 0.15) is 30.0 Å². The zero-order valence-electron chi connectivity index (χ0n) is 11.3. The number of nitrogens with one attached hydrogen (secondary N) is 2. The Balaban J connectivity index is 0.000000861. The van der Waals surface area contributed by atoms with Crippen LogP contribution in [0.5, 0.6) is 0 Å². The SMILES string of the molecule is CC.CNC(=O)c1c(C)oc2cc(NS)c(Br)cc12. The molecule has 6 heteroatoms. The molecule has 4 nitrogen and oxygen atoms in total. The maximum atomic E-state index is 11.8. The van der Waals surface area contributed by atoms with Gasteiger partial charge in [0.25, 0.3) is 5.91 Å². The van der Waals surface area contributed by atoms with Crippen molar-refractivity contribution in [3.05, 3.63) is 27.9 Å². The second kappa shape index (κ2) is 6.86. The van der Waals surface area contributed by atoms with E-state index < -0.39 is 0 Å². The highest BCUT2D eigenvalue weighted by Gasteiger charge is 2.18. The molecule has 19 heavy (non-hydrogen) atoms. The number of halogens is 1. The number of thiol groups is 1. The molecule has 0 radical (unpaired) electrons. The largest absolute Gasteiger partial charge is 0.460 e. The molecule has 2 rings (SSSR count). The zero-order valence-corrected chi connectivity index (χ0v) is 13.8. The lowest BCUT2D eigenvalue weighted by atomic mass is 10.1. The Labute approximate surface area is 126 Å². The molecule has 0 fully saturated rings. The van der Waals surface area contributed by atoms with Crippen molar-refractivity contribution >= 4 is 51.3 Å². The maximum Gasteiger partial charge on any atom is 0.255 e. The second-order valence-corrected chi connectivity index (χ2v) is 4.63. The number of fused-ring (bicyclic) bond motifs is 1. The van der Waals surface area contributed by atoms with Gasteiger partial charge in [0.2, 0.25) is 0 Å². The molecule has 0 bridgehead atoms. The lowest BCUT2D eigenvalue weighted by molar-refractivity contribution is 0.0963. The van der Waals surface area contributed by atoms with E-state index in [1.165, 1.54) is 0 Å². The summed E-state index contributed by atoms with van der Waals surface area (Å²) in [5.74, 6) is 0.447. The van der Waals surface area contributed by atoms with E-state index in [-0.39, 0.29) is 5.91 Å². The molecule has 1 aromatic carbocycles. The Hall–Kier alpha value is -1.14. The average Bonchev–Trinajstić information content (AvgIpc) is 2.74. The number of benzene rings is 1. The summed E-state index contributed by atoms with van der Waals surface area (Å²) in [5.41, 5.74) is 2.01. The third-order valence-corrected chi connectivity index (χ3v) is 3.43. The van der Waals surface area contributed by atoms with Crippen LogP contribution in [0.15, 0.2) is 21.0 Å². The molecule has 1 amide bonds. The van der Waals surface area contributed by atoms with Crippen LogP contribution in [-0.4, -0.2) is 13.0 Å². The van der Waals surface area contributed by atoms with Crippen LogP contribution >= 0.6 is 28.7 Å². The van der Waals surface area contributed by atoms with Crippen molar-refractivity contribution in [1.29, 1.82) is 0 Å². The molecule has 0 aliphatic carbocycles. The minimum absolute atomic E-state index is 0.153. The van der Waals surface area contributed by atoms with Crippen LogP contribution in [0.4, 0.5) is 5.69 Å². The van der Waals surface area contributed by atoms with Crippen molar-refractivity contribution in [1.82, 2.24) is 5.32 Å². The van der Waals surface area contributed by atoms with Gasteiger partial charge in [0.1, 0.15) is 11.3 Å². The van der Waals surface area contributed by atoms with Crippen LogP contribution in [-0.2, 0) is 0 Å². The summed E-state index contributed by atoms with van der Waals surface area (Å²) in [6, 6.07) is 3.64. The summed E-state index contributed by atoms with van der Waals surface area (Å²) in [6.07, 6.45) is 0. The van der Waals surface area contributed by atoms with Crippen molar-refractivity contribution in [2.45, 2.75) is 20.8 Å². The van der Waals surface area contributed by atoms with E-state index >= 15 is 0 Å². The summed E-state index contributed by atoms with van der Waals surface area (Å²) in [6.45, 7) is 5.77. The first kappa shape index (κ1) is 15.9. The predicted molar refractivity (Wildman–Crippen MR) is 86.0 cm³/mol. The van der Waals surface area contributed by atoms with Gasteiger partial charge in [-0.3, -0.25) is 4.79 Å². The van der Waals surface area contributed by atoms with E-state index in [0.717, 1.165) is 15.5 Å². The number of rotatable bonds is 2. The molecule has 2 N–H and O–H groups in total. The normalized spacial score (nSPS) is 9.79. The van der Waals surface area contributed by atoms with Gasteiger partial charge in [0.05, 0.1) is 11.3 Å². The van der Waals surface area contributed by atoms with E-state index in [1.54, 1.807) is 20.0 Å². The molecule has 0 saturated carbocycles. The predicted octanol–water partition coefficient (Wildman–Crippen LogP) is 4.15. The van der Waals surface area contributed by atoms with Crippen LogP contribution in [0.2, 0.25) is 0 Å². The highest BCUT2D eigenvalue weighted by Crippen LogP contribution is 2.33. The molecule has 1 aromatic heterocycles. The van der Waals surface area contributed by atoms with Crippen LogP contribution in [0.3, 0.4) is 0 Å². The Kier molecular flexibility index (Phi) is 5.75. The first-order valence-electron chi connectivity index (χ1n) is 5.93. The topological polar surface area (TPSA) is 54.3 Å². The fourth-order valence-corrected chi connectivity index (χ4v) is 2.51. The van der Waals surface area contributed by atoms with Crippen LogP contribution in [0.25, 0.3) is 11.0 Å². The average molecular weight is 345 g/mol. The molecular formula is C13H17BrN2O2S. The molecule has 104 valence electrons. The number of anilines is 1. The standard InChI is InChI=1S/C11H11BrN2O2S.C2H6/c1-5-10(11(15)13-2)6-3-7(12)8(14-17)4-9(6)16-5;1-2/h3-4,14,17H,1-2H3,(H,13,15);1-2H3. The third kappa shape index (κ3) is 3.06. The summed E-state index contributed by atoms with van der Waals surface area (Å²) < 4.78 is 9.14. The van der Waals surface area contributed by atoms with Crippen LogP contribution < -0.4 is 10.0 Å². The number of amides is 1.